The Morgan fingerprint density at radius 3 is 2.32 bits per heavy atom. The molecule has 0 unspecified atom stereocenters. The van der Waals surface area contributed by atoms with E-state index in [1.807, 2.05) is 30.3 Å². The van der Waals surface area contributed by atoms with Gasteiger partial charge in [0.05, 0.1) is 16.1 Å². The molecular weight excluding hydrogens is 389 g/mol. The van der Waals surface area contributed by atoms with Crippen LogP contribution in [-0.4, -0.2) is 12.5 Å². The molecule has 3 rings (SSSR count). The molecule has 3 nitrogen and oxygen atoms in total. The monoisotopic (exact) mass is 410 g/mol. The average Bonchev–Trinajstić information content (AvgIpc) is 2.67. The van der Waals surface area contributed by atoms with Crippen molar-refractivity contribution in [1.29, 1.82) is 0 Å². The summed E-state index contributed by atoms with van der Waals surface area (Å²) in [5.41, 5.74) is 5.52. The van der Waals surface area contributed by atoms with Crippen LogP contribution in [0.2, 0.25) is 5.02 Å². The number of carbonyl (C=O) groups excluding carboxylic acids is 1. The number of hydrogen-bond donors (Lipinski definition) is 2. The van der Waals surface area contributed by atoms with Gasteiger partial charge in [-0.05, 0) is 67.3 Å². The maximum absolute atomic E-state index is 13.2. The Labute approximate surface area is 167 Å². The van der Waals surface area contributed by atoms with Crippen molar-refractivity contribution in [3.05, 3.63) is 64.2 Å². The van der Waals surface area contributed by atoms with E-state index in [1.54, 1.807) is 0 Å². The predicted octanol–water partition coefficient (Wildman–Crippen LogP) is 5.84. The minimum atomic E-state index is -4.56. The molecular formula is C21H22ClF3N2O. The molecule has 0 radical (unpaired) electrons. The maximum Gasteiger partial charge on any atom is 0.416 e. The zero-order valence-electron chi connectivity index (χ0n) is 15.2. The summed E-state index contributed by atoms with van der Waals surface area (Å²) < 4.78 is 39.7. The van der Waals surface area contributed by atoms with Gasteiger partial charge in [-0.2, -0.15) is 13.2 Å². The van der Waals surface area contributed by atoms with Gasteiger partial charge in [0.2, 0.25) is 5.91 Å². The molecule has 1 saturated carbocycles. The molecule has 0 saturated heterocycles. The molecule has 0 bridgehead atoms. The number of carbonyl (C=O) groups is 1. The molecule has 0 aliphatic heterocycles. The van der Waals surface area contributed by atoms with Crippen molar-refractivity contribution >= 4 is 23.2 Å². The molecule has 0 heterocycles. The molecule has 1 aliphatic rings. The normalized spacial score (nSPS) is 20.0. The summed E-state index contributed by atoms with van der Waals surface area (Å²) >= 11 is 6.26. The molecule has 150 valence electrons. The molecule has 3 N–H and O–H groups in total. The fourth-order valence-electron chi connectivity index (χ4n) is 3.78. The fraction of sp³-hybridized carbons (Fsp3) is 0.381. The molecule has 7 heteroatoms. The SMILES string of the molecule is NC(=O)c1cc(C(F)(F)F)cc(C2CCC(CNc3ccccc3)CC2)c1Cl. The second kappa shape index (κ2) is 8.43. The molecule has 0 atom stereocenters. The summed E-state index contributed by atoms with van der Waals surface area (Å²) in [5.74, 6) is -0.615. The summed E-state index contributed by atoms with van der Waals surface area (Å²) in [6.07, 6.45) is -1.35. The van der Waals surface area contributed by atoms with Crippen LogP contribution in [0.1, 0.15) is 53.1 Å². The van der Waals surface area contributed by atoms with Crippen molar-refractivity contribution in [2.24, 2.45) is 11.7 Å². The summed E-state index contributed by atoms with van der Waals surface area (Å²) in [4.78, 5) is 11.6. The number of amides is 1. The lowest BCUT2D eigenvalue weighted by molar-refractivity contribution is -0.137. The molecule has 2 aromatic rings. The van der Waals surface area contributed by atoms with Gasteiger partial charge in [-0.15, -0.1) is 0 Å². The highest BCUT2D eigenvalue weighted by atomic mass is 35.5. The molecule has 1 aliphatic carbocycles. The van der Waals surface area contributed by atoms with Crippen molar-refractivity contribution in [3.63, 3.8) is 0 Å². The van der Waals surface area contributed by atoms with Gasteiger partial charge in [-0.3, -0.25) is 4.79 Å². The van der Waals surface area contributed by atoms with E-state index in [9.17, 15) is 18.0 Å². The third kappa shape index (κ3) is 4.79. The van der Waals surface area contributed by atoms with Gasteiger partial charge in [-0.1, -0.05) is 29.8 Å². The highest BCUT2D eigenvalue weighted by molar-refractivity contribution is 6.34. The average molecular weight is 411 g/mol. The van der Waals surface area contributed by atoms with E-state index in [4.69, 9.17) is 17.3 Å². The lowest BCUT2D eigenvalue weighted by atomic mass is 9.78. The summed E-state index contributed by atoms with van der Waals surface area (Å²) in [6.45, 7) is 0.819. The van der Waals surface area contributed by atoms with E-state index in [2.05, 4.69) is 5.32 Å². The molecule has 1 fully saturated rings. The molecule has 0 aromatic heterocycles. The van der Waals surface area contributed by atoms with Crippen molar-refractivity contribution < 1.29 is 18.0 Å². The van der Waals surface area contributed by atoms with E-state index >= 15 is 0 Å². The lowest BCUT2D eigenvalue weighted by Gasteiger charge is -2.30. The van der Waals surface area contributed by atoms with Gasteiger partial charge in [0.1, 0.15) is 0 Å². The van der Waals surface area contributed by atoms with Crippen LogP contribution in [0.4, 0.5) is 18.9 Å². The zero-order valence-corrected chi connectivity index (χ0v) is 16.0. The number of nitrogens with one attached hydrogen (secondary N) is 1. The van der Waals surface area contributed by atoms with Gasteiger partial charge in [0.25, 0.3) is 0 Å². The first-order chi connectivity index (χ1) is 13.3. The van der Waals surface area contributed by atoms with Crippen LogP contribution in [-0.2, 0) is 6.18 Å². The second-order valence-electron chi connectivity index (χ2n) is 7.25. The van der Waals surface area contributed by atoms with E-state index in [0.717, 1.165) is 50.0 Å². The number of nitrogens with two attached hydrogens (primary N) is 1. The lowest BCUT2D eigenvalue weighted by Crippen LogP contribution is -2.22. The second-order valence-corrected chi connectivity index (χ2v) is 7.63. The van der Waals surface area contributed by atoms with Crippen LogP contribution in [0.3, 0.4) is 0 Å². The highest BCUT2D eigenvalue weighted by Crippen LogP contribution is 2.42. The summed E-state index contributed by atoms with van der Waals surface area (Å²) in [5, 5.41) is 3.44. The Morgan fingerprint density at radius 2 is 1.75 bits per heavy atom. The smallest absolute Gasteiger partial charge is 0.385 e. The number of alkyl halides is 3. The number of anilines is 1. The topological polar surface area (TPSA) is 55.1 Å². The Hall–Kier alpha value is -2.21. The molecule has 28 heavy (non-hydrogen) atoms. The van der Waals surface area contributed by atoms with E-state index in [1.165, 1.54) is 0 Å². The minimum absolute atomic E-state index is 0.0476. The van der Waals surface area contributed by atoms with Crippen LogP contribution >= 0.6 is 11.6 Å². The molecule has 0 spiro atoms. The number of benzene rings is 2. The van der Waals surface area contributed by atoms with Crippen LogP contribution in [0.15, 0.2) is 42.5 Å². The molecule has 1 amide bonds. The zero-order chi connectivity index (χ0) is 20.3. The van der Waals surface area contributed by atoms with Gasteiger partial charge in [0.15, 0.2) is 0 Å². The van der Waals surface area contributed by atoms with Gasteiger partial charge < -0.3 is 11.1 Å². The standard InChI is InChI=1S/C21H22ClF3N2O/c22-19-17(10-15(21(23,24)25)11-18(19)20(26)28)14-8-6-13(7-9-14)12-27-16-4-2-1-3-5-16/h1-5,10-11,13-14,27H,6-9,12H2,(H2,26,28). The largest absolute Gasteiger partial charge is 0.416 e. The van der Waals surface area contributed by atoms with Crippen molar-refractivity contribution in [2.45, 2.75) is 37.8 Å². The predicted molar refractivity (Wildman–Crippen MR) is 105 cm³/mol. The van der Waals surface area contributed by atoms with Gasteiger partial charge in [-0.25, -0.2) is 0 Å². The van der Waals surface area contributed by atoms with Gasteiger partial charge >= 0.3 is 6.18 Å². The van der Waals surface area contributed by atoms with E-state index in [-0.39, 0.29) is 16.5 Å². The maximum atomic E-state index is 13.2. The van der Waals surface area contributed by atoms with Gasteiger partial charge in [0, 0.05) is 12.2 Å². The number of para-hydroxylation sites is 1. The minimum Gasteiger partial charge on any atom is -0.385 e. The Balaban J connectivity index is 1.71. The highest BCUT2D eigenvalue weighted by Gasteiger charge is 2.34. The van der Waals surface area contributed by atoms with Crippen LogP contribution in [0.25, 0.3) is 0 Å². The van der Waals surface area contributed by atoms with Crippen molar-refractivity contribution in [2.75, 3.05) is 11.9 Å². The first-order valence-corrected chi connectivity index (χ1v) is 9.63. The number of primary amides is 1. The number of halogens is 4. The van der Waals surface area contributed by atoms with Crippen LogP contribution in [0.5, 0.6) is 0 Å². The van der Waals surface area contributed by atoms with Crippen molar-refractivity contribution in [3.8, 4) is 0 Å². The Bertz CT molecular complexity index is 832. The van der Waals surface area contributed by atoms with Crippen LogP contribution in [0, 0.1) is 5.92 Å². The summed E-state index contributed by atoms with van der Waals surface area (Å²) in [6, 6.07) is 11.7. The van der Waals surface area contributed by atoms with E-state index < -0.39 is 17.6 Å². The first kappa shape index (κ1) is 20.5. The third-order valence-corrected chi connectivity index (χ3v) is 5.77. The quantitative estimate of drug-likeness (QED) is 0.650. The van der Waals surface area contributed by atoms with E-state index in [0.29, 0.717) is 11.5 Å². The number of rotatable bonds is 5. The first-order valence-electron chi connectivity index (χ1n) is 9.25. The van der Waals surface area contributed by atoms with Crippen LogP contribution < -0.4 is 11.1 Å². The number of hydrogen-bond acceptors (Lipinski definition) is 2. The third-order valence-electron chi connectivity index (χ3n) is 5.35. The Morgan fingerprint density at radius 1 is 1.11 bits per heavy atom. The summed E-state index contributed by atoms with van der Waals surface area (Å²) in [7, 11) is 0. The fourth-order valence-corrected chi connectivity index (χ4v) is 4.14. The molecule has 2 aromatic carbocycles. The van der Waals surface area contributed by atoms with Crippen molar-refractivity contribution in [1.82, 2.24) is 0 Å². The Kier molecular flexibility index (Phi) is 6.18.